The number of aryl methyl sites for hydroxylation is 1. The van der Waals surface area contributed by atoms with Crippen LogP contribution in [-0.2, 0) is 4.74 Å². The van der Waals surface area contributed by atoms with Gasteiger partial charge in [-0.25, -0.2) is 0 Å². The van der Waals surface area contributed by atoms with E-state index in [0.29, 0.717) is 0 Å². The van der Waals surface area contributed by atoms with Crippen molar-refractivity contribution in [1.29, 1.82) is 0 Å². The Morgan fingerprint density at radius 1 is 0.958 bits per heavy atom. The Bertz CT molecular complexity index is 656. The van der Waals surface area contributed by atoms with E-state index >= 15 is 0 Å². The van der Waals surface area contributed by atoms with Crippen LogP contribution in [0.5, 0.6) is 11.5 Å². The molecular formula is C21H27NO2. The van der Waals surface area contributed by atoms with Gasteiger partial charge in [-0.2, -0.15) is 0 Å². The fourth-order valence-electron chi connectivity index (χ4n) is 2.95. The first-order valence-corrected chi connectivity index (χ1v) is 8.63. The molecule has 128 valence electrons. The first kappa shape index (κ1) is 17.0. The number of hydrogen-bond acceptors (Lipinski definition) is 3. The van der Waals surface area contributed by atoms with Crippen molar-refractivity contribution in [1.82, 2.24) is 4.90 Å². The van der Waals surface area contributed by atoms with E-state index in [9.17, 15) is 0 Å². The monoisotopic (exact) mass is 325 g/mol. The third kappa shape index (κ3) is 4.16. The number of benzene rings is 2. The van der Waals surface area contributed by atoms with E-state index in [0.717, 1.165) is 31.2 Å². The quantitative estimate of drug-likeness (QED) is 0.796. The summed E-state index contributed by atoms with van der Waals surface area (Å²) in [4.78, 5) is 2.48. The fraction of sp³-hybridized carbons (Fsp3) is 0.429. The Kier molecular flexibility index (Phi) is 4.93. The van der Waals surface area contributed by atoms with Gasteiger partial charge in [0.25, 0.3) is 0 Å². The van der Waals surface area contributed by atoms with Gasteiger partial charge in [0.2, 0.25) is 0 Å². The maximum absolute atomic E-state index is 5.98. The minimum atomic E-state index is 0.131. The highest BCUT2D eigenvalue weighted by molar-refractivity contribution is 5.35. The molecule has 1 saturated heterocycles. The molecule has 24 heavy (non-hydrogen) atoms. The number of ether oxygens (including phenoxy) is 2. The maximum atomic E-state index is 5.98. The van der Waals surface area contributed by atoms with E-state index in [1.54, 1.807) is 0 Å². The molecule has 1 heterocycles. The summed E-state index contributed by atoms with van der Waals surface area (Å²) in [5, 5.41) is 0. The van der Waals surface area contributed by atoms with Crippen LogP contribution in [0, 0.1) is 6.92 Å². The van der Waals surface area contributed by atoms with Gasteiger partial charge in [0.1, 0.15) is 11.5 Å². The highest BCUT2D eigenvalue weighted by Gasteiger charge is 2.29. The Morgan fingerprint density at radius 2 is 1.54 bits per heavy atom. The predicted molar refractivity (Wildman–Crippen MR) is 97.7 cm³/mol. The number of morpholine rings is 1. The van der Waals surface area contributed by atoms with Crippen LogP contribution >= 0.6 is 0 Å². The lowest BCUT2D eigenvalue weighted by Crippen LogP contribution is -2.48. The van der Waals surface area contributed by atoms with Crippen LogP contribution in [0.15, 0.2) is 48.5 Å². The summed E-state index contributed by atoms with van der Waals surface area (Å²) in [5.74, 6) is 1.72. The third-order valence-corrected chi connectivity index (χ3v) is 4.52. The van der Waals surface area contributed by atoms with Gasteiger partial charge in [-0.05, 0) is 57.5 Å². The van der Waals surface area contributed by atoms with Crippen LogP contribution < -0.4 is 4.74 Å². The molecule has 3 nitrogen and oxygen atoms in total. The summed E-state index contributed by atoms with van der Waals surface area (Å²) in [6.07, 6.45) is 0.131. The van der Waals surface area contributed by atoms with Crippen molar-refractivity contribution >= 4 is 0 Å². The summed E-state index contributed by atoms with van der Waals surface area (Å²) in [6.45, 7) is 11.6. The molecule has 0 unspecified atom stereocenters. The zero-order valence-electron chi connectivity index (χ0n) is 15.1. The zero-order valence-corrected chi connectivity index (χ0v) is 15.1. The average molecular weight is 325 g/mol. The van der Waals surface area contributed by atoms with Crippen LogP contribution in [0.2, 0.25) is 0 Å². The second-order valence-corrected chi connectivity index (χ2v) is 7.46. The van der Waals surface area contributed by atoms with Crippen LogP contribution in [0.3, 0.4) is 0 Å². The fourth-order valence-corrected chi connectivity index (χ4v) is 2.95. The van der Waals surface area contributed by atoms with Crippen LogP contribution in [0.1, 0.15) is 38.0 Å². The SMILES string of the molecule is Cc1ccc(Oc2ccc([C@@H]3CN(C(C)(C)C)CCO3)cc2)cc1. The normalized spacial score (nSPS) is 19.2. The van der Waals surface area contributed by atoms with Crippen LogP contribution in [0.25, 0.3) is 0 Å². The second kappa shape index (κ2) is 6.96. The molecule has 0 aromatic heterocycles. The smallest absolute Gasteiger partial charge is 0.127 e. The molecule has 0 amide bonds. The summed E-state index contributed by atoms with van der Waals surface area (Å²) in [5.41, 5.74) is 2.62. The van der Waals surface area contributed by atoms with Gasteiger partial charge in [-0.15, -0.1) is 0 Å². The average Bonchev–Trinajstić information content (AvgIpc) is 2.57. The van der Waals surface area contributed by atoms with Gasteiger partial charge in [0, 0.05) is 18.6 Å². The van der Waals surface area contributed by atoms with Crippen molar-refractivity contribution in [3.8, 4) is 11.5 Å². The molecule has 1 atom stereocenters. The number of nitrogens with zero attached hydrogens (tertiary/aromatic N) is 1. The minimum absolute atomic E-state index is 0.131. The van der Waals surface area contributed by atoms with Crippen molar-refractivity contribution in [3.63, 3.8) is 0 Å². The van der Waals surface area contributed by atoms with Crippen LogP contribution in [0.4, 0.5) is 0 Å². The summed E-state index contributed by atoms with van der Waals surface area (Å²) < 4.78 is 11.9. The molecule has 0 aliphatic carbocycles. The number of hydrogen-bond donors (Lipinski definition) is 0. The summed E-state index contributed by atoms with van der Waals surface area (Å²) in [7, 11) is 0. The van der Waals surface area contributed by atoms with Gasteiger partial charge < -0.3 is 9.47 Å². The second-order valence-electron chi connectivity index (χ2n) is 7.46. The molecule has 0 radical (unpaired) electrons. The molecule has 0 N–H and O–H groups in total. The first-order chi connectivity index (χ1) is 11.4. The Labute approximate surface area is 145 Å². The molecular weight excluding hydrogens is 298 g/mol. The molecule has 3 rings (SSSR count). The lowest BCUT2D eigenvalue weighted by atomic mass is 10.0. The van der Waals surface area contributed by atoms with Crippen molar-refractivity contribution in [3.05, 3.63) is 59.7 Å². The molecule has 3 heteroatoms. The standard InChI is InChI=1S/C21H27NO2/c1-16-5-9-18(10-6-16)24-19-11-7-17(8-12-19)20-15-22(13-14-23-20)21(2,3)4/h5-12,20H,13-15H2,1-4H3/t20-/m0/s1. The van der Waals surface area contributed by atoms with Gasteiger partial charge in [-0.3, -0.25) is 4.90 Å². The molecule has 1 fully saturated rings. The Balaban J connectivity index is 1.66. The Hall–Kier alpha value is -1.84. The van der Waals surface area contributed by atoms with Gasteiger partial charge in [0.15, 0.2) is 0 Å². The van der Waals surface area contributed by atoms with E-state index in [1.165, 1.54) is 11.1 Å². The van der Waals surface area contributed by atoms with Crippen molar-refractivity contribution < 1.29 is 9.47 Å². The van der Waals surface area contributed by atoms with Crippen molar-refractivity contribution in [2.24, 2.45) is 0 Å². The molecule has 0 saturated carbocycles. The minimum Gasteiger partial charge on any atom is -0.457 e. The highest BCUT2D eigenvalue weighted by atomic mass is 16.5. The maximum Gasteiger partial charge on any atom is 0.127 e. The molecule has 2 aromatic rings. The van der Waals surface area contributed by atoms with E-state index in [1.807, 2.05) is 24.3 Å². The lowest BCUT2D eigenvalue weighted by molar-refractivity contribution is -0.0596. The Morgan fingerprint density at radius 3 is 2.12 bits per heavy atom. The van der Waals surface area contributed by atoms with Crippen molar-refractivity contribution in [2.75, 3.05) is 19.7 Å². The number of rotatable bonds is 3. The first-order valence-electron chi connectivity index (χ1n) is 8.63. The highest BCUT2D eigenvalue weighted by Crippen LogP contribution is 2.29. The summed E-state index contributed by atoms with van der Waals surface area (Å²) in [6, 6.07) is 16.4. The molecule has 0 bridgehead atoms. The van der Waals surface area contributed by atoms with Crippen molar-refractivity contribution in [2.45, 2.75) is 39.3 Å². The van der Waals surface area contributed by atoms with Gasteiger partial charge >= 0.3 is 0 Å². The summed E-state index contributed by atoms with van der Waals surface area (Å²) >= 11 is 0. The van der Waals surface area contributed by atoms with Gasteiger partial charge in [-0.1, -0.05) is 29.8 Å². The molecule has 1 aliphatic heterocycles. The van der Waals surface area contributed by atoms with Crippen LogP contribution in [-0.4, -0.2) is 30.1 Å². The molecule has 1 aliphatic rings. The lowest BCUT2D eigenvalue weighted by Gasteiger charge is -2.41. The topological polar surface area (TPSA) is 21.7 Å². The molecule has 2 aromatic carbocycles. The van der Waals surface area contributed by atoms with E-state index in [-0.39, 0.29) is 11.6 Å². The van der Waals surface area contributed by atoms with E-state index in [2.05, 4.69) is 56.9 Å². The van der Waals surface area contributed by atoms with E-state index < -0.39 is 0 Å². The largest absolute Gasteiger partial charge is 0.457 e. The van der Waals surface area contributed by atoms with Gasteiger partial charge in [0.05, 0.1) is 12.7 Å². The molecule has 0 spiro atoms. The predicted octanol–water partition coefficient (Wildman–Crippen LogP) is 4.96. The third-order valence-electron chi connectivity index (χ3n) is 4.52. The van der Waals surface area contributed by atoms with E-state index in [4.69, 9.17) is 9.47 Å². The zero-order chi connectivity index (χ0) is 17.2.